The maximum absolute atomic E-state index is 12.7. The van der Waals surface area contributed by atoms with Gasteiger partial charge in [0, 0.05) is 43.6 Å². The number of likely N-dealkylation sites (tertiary alicyclic amines) is 1. The molecule has 4 rings (SSSR count). The Balaban J connectivity index is 1.31. The number of hydrogen-bond donors (Lipinski definition) is 1. The molecule has 0 aliphatic carbocycles. The molecule has 3 aromatic rings. The third-order valence-corrected chi connectivity index (χ3v) is 5.74. The van der Waals surface area contributed by atoms with E-state index in [0.29, 0.717) is 0 Å². The average Bonchev–Trinajstić information content (AvgIpc) is 3.25. The summed E-state index contributed by atoms with van der Waals surface area (Å²) >= 11 is 1.67. The van der Waals surface area contributed by atoms with Crippen LogP contribution < -0.4 is 5.32 Å². The Morgan fingerprint density at radius 3 is 2.67 bits per heavy atom. The zero-order chi connectivity index (χ0) is 18.5. The highest BCUT2D eigenvalue weighted by Crippen LogP contribution is 2.23. The van der Waals surface area contributed by atoms with Gasteiger partial charge in [-0.05, 0) is 70.6 Å². The first-order valence-electron chi connectivity index (χ1n) is 9.33. The molecule has 1 amide bonds. The quantitative estimate of drug-likeness (QED) is 0.725. The van der Waals surface area contributed by atoms with E-state index < -0.39 is 0 Å². The first-order valence-corrected chi connectivity index (χ1v) is 10.3. The fraction of sp³-hybridized carbons (Fsp3) is 0.273. The number of carbonyl (C=O) groups excluding carboxylic acids is 1. The van der Waals surface area contributed by atoms with Gasteiger partial charge in [-0.15, -0.1) is 0 Å². The largest absolute Gasteiger partial charge is 0.349 e. The second kappa shape index (κ2) is 8.46. The minimum atomic E-state index is 0.0275. The van der Waals surface area contributed by atoms with E-state index in [-0.39, 0.29) is 11.9 Å². The number of aromatic nitrogens is 1. The number of rotatable bonds is 5. The monoisotopic (exact) mass is 377 g/mol. The van der Waals surface area contributed by atoms with E-state index in [1.165, 1.54) is 11.1 Å². The van der Waals surface area contributed by atoms with Crippen LogP contribution in [0.4, 0.5) is 0 Å². The Morgan fingerprint density at radius 2 is 1.93 bits per heavy atom. The van der Waals surface area contributed by atoms with Crippen LogP contribution in [0, 0.1) is 0 Å². The standard InChI is InChI=1S/C22H23N3OS/c26-22(19-3-1-2-18(14-19)20-8-13-27-16-20)24-21-6-11-25(12-7-21)15-17-4-9-23-10-5-17/h1-5,8-10,13-14,16,21H,6-7,11-12,15H2,(H,24,26). The second-order valence-electron chi connectivity index (χ2n) is 6.97. The van der Waals surface area contributed by atoms with Crippen molar-refractivity contribution in [1.82, 2.24) is 15.2 Å². The first-order chi connectivity index (χ1) is 13.3. The van der Waals surface area contributed by atoms with Crippen molar-refractivity contribution >= 4 is 17.2 Å². The van der Waals surface area contributed by atoms with E-state index in [0.717, 1.165) is 43.6 Å². The summed E-state index contributed by atoms with van der Waals surface area (Å²) in [7, 11) is 0. The second-order valence-corrected chi connectivity index (χ2v) is 7.75. The van der Waals surface area contributed by atoms with Crippen molar-refractivity contribution in [2.45, 2.75) is 25.4 Å². The molecular weight excluding hydrogens is 354 g/mol. The van der Waals surface area contributed by atoms with Gasteiger partial charge in [-0.2, -0.15) is 11.3 Å². The molecule has 0 spiro atoms. The minimum absolute atomic E-state index is 0.0275. The van der Waals surface area contributed by atoms with Crippen molar-refractivity contribution in [1.29, 1.82) is 0 Å². The summed E-state index contributed by atoms with van der Waals surface area (Å²) in [6.07, 6.45) is 5.65. The molecule has 4 nitrogen and oxygen atoms in total. The van der Waals surface area contributed by atoms with Crippen LogP contribution in [0.2, 0.25) is 0 Å². The molecule has 0 saturated carbocycles. The van der Waals surface area contributed by atoms with E-state index in [1.807, 2.05) is 30.6 Å². The summed E-state index contributed by atoms with van der Waals surface area (Å²) in [5.41, 5.74) is 4.28. The van der Waals surface area contributed by atoms with Crippen molar-refractivity contribution in [3.8, 4) is 11.1 Å². The summed E-state index contributed by atoms with van der Waals surface area (Å²) in [5, 5.41) is 7.38. The van der Waals surface area contributed by atoms with Gasteiger partial charge in [0.05, 0.1) is 0 Å². The number of nitrogens with zero attached hydrogens (tertiary/aromatic N) is 2. The van der Waals surface area contributed by atoms with Crippen LogP contribution in [0.25, 0.3) is 11.1 Å². The van der Waals surface area contributed by atoms with E-state index in [4.69, 9.17) is 0 Å². The molecule has 1 aliphatic heterocycles. The molecule has 1 aromatic carbocycles. The maximum Gasteiger partial charge on any atom is 0.251 e. The van der Waals surface area contributed by atoms with Gasteiger partial charge in [-0.25, -0.2) is 0 Å². The number of amides is 1. The molecule has 138 valence electrons. The van der Waals surface area contributed by atoms with Crippen molar-refractivity contribution in [3.63, 3.8) is 0 Å². The third-order valence-electron chi connectivity index (χ3n) is 5.06. The topological polar surface area (TPSA) is 45.2 Å². The first kappa shape index (κ1) is 17.9. The Labute approximate surface area is 163 Å². The lowest BCUT2D eigenvalue weighted by Crippen LogP contribution is -2.44. The Kier molecular flexibility index (Phi) is 5.61. The molecule has 1 aliphatic rings. The molecule has 2 aromatic heterocycles. The van der Waals surface area contributed by atoms with Gasteiger partial charge < -0.3 is 5.32 Å². The van der Waals surface area contributed by atoms with Gasteiger partial charge in [-0.3, -0.25) is 14.7 Å². The number of hydrogen-bond acceptors (Lipinski definition) is 4. The molecule has 0 bridgehead atoms. The molecule has 3 heterocycles. The summed E-state index contributed by atoms with van der Waals surface area (Å²) in [6.45, 7) is 2.95. The van der Waals surface area contributed by atoms with Gasteiger partial charge in [-0.1, -0.05) is 12.1 Å². The average molecular weight is 378 g/mol. The lowest BCUT2D eigenvalue weighted by atomic mass is 10.0. The van der Waals surface area contributed by atoms with E-state index in [2.05, 4.69) is 50.2 Å². The molecule has 0 unspecified atom stereocenters. The van der Waals surface area contributed by atoms with E-state index in [9.17, 15) is 4.79 Å². The Morgan fingerprint density at radius 1 is 1.11 bits per heavy atom. The van der Waals surface area contributed by atoms with Gasteiger partial charge in [0.1, 0.15) is 0 Å². The zero-order valence-corrected chi connectivity index (χ0v) is 16.0. The summed E-state index contributed by atoms with van der Waals surface area (Å²) in [5.74, 6) is 0.0275. The number of piperidine rings is 1. The molecule has 1 saturated heterocycles. The van der Waals surface area contributed by atoms with Crippen LogP contribution in [0.5, 0.6) is 0 Å². The Bertz CT molecular complexity index is 872. The zero-order valence-electron chi connectivity index (χ0n) is 15.2. The third kappa shape index (κ3) is 4.62. The lowest BCUT2D eigenvalue weighted by Gasteiger charge is -2.32. The minimum Gasteiger partial charge on any atom is -0.349 e. The Hall–Kier alpha value is -2.50. The molecular formula is C22H23N3OS. The highest BCUT2D eigenvalue weighted by molar-refractivity contribution is 7.08. The van der Waals surface area contributed by atoms with Crippen LogP contribution in [-0.4, -0.2) is 34.9 Å². The number of benzene rings is 1. The predicted octanol–water partition coefficient (Wildman–Crippen LogP) is 4.20. The molecule has 1 N–H and O–H groups in total. The van der Waals surface area contributed by atoms with Crippen molar-refractivity contribution in [2.75, 3.05) is 13.1 Å². The van der Waals surface area contributed by atoms with Crippen molar-refractivity contribution in [2.24, 2.45) is 0 Å². The predicted molar refractivity (Wildman–Crippen MR) is 110 cm³/mol. The fourth-order valence-corrected chi connectivity index (χ4v) is 4.18. The lowest BCUT2D eigenvalue weighted by molar-refractivity contribution is 0.0909. The molecule has 0 atom stereocenters. The van der Waals surface area contributed by atoms with Gasteiger partial charge in [0.15, 0.2) is 0 Å². The SMILES string of the molecule is O=C(NC1CCN(Cc2ccncc2)CC1)c1cccc(-c2ccsc2)c1. The van der Waals surface area contributed by atoms with Crippen molar-refractivity contribution < 1.29 is 4.79 Å². The van der Waals surface area contributed by atoms with Gasteiger partial charge >= 0.3 is 0 Å². The van der Waals surface area contributed by atoms with Crippen LogP contribution in [0.3, 0.4) is 0 Å². The highest BCUT2D eigenvalue weighted by atomic mass is 32.1. The summed E-state index contributed by atoms with van der Waals surface area (Å²) in [6, 6.07) is 14.3. The number of carbonyl (C=O) groups is 1. The van der Waals surface area contributed by atoms with E-state index >= 15 is 0 Å². The summed E-state index contributed by atoms with van der Waals surface area (Å²) < 4.78 is 0. The number of nitrogens with one attached hydrogen (secondary N) is 1. The maximum atomic E-state index is 12.7. The molecule has 1 fully saturated rings. The van der Waals surface area contributed by atoms with Crippen LogP contribution in [-0.2, 0) is 6.54 Å². The number of thiophene rings is 1. The number of pyridine rings is 1. The molecule has 27 heavy (non-hydrogen) atoms. The van der Waals surface area contributed by atoms with Crippen molar-refractivity contribution in [3.05, 3.63) is 76.7 Å². The highest BCUT2D eigenvalue weighted by Gasteiger charge is 2.21. The van der Waals surface area contributed by atoms with Gasteiger partial charge in [0.25, 0.3) is 5.91 Å². The van der Waals surface area contributed by atoms with Crippen LogP contribution in [0.15, 0.2) is 65.6 Å². The van der Waals surface area contributed by atoms with E-state index in [1.54, 1.807) is 11.3 Å². The van der Waals surface area contributed by atoms with Gasteiger partial charge in [0.2, 0.25) is 0 Å². The molecule has 0 radical (unpaired) electrons. The molecule has 5 heteroatoms. The smallest absolute Gasteiger partial charge is 0.251 e. The summed E-state index contributed by atoms with van der Waals surface area (Å²) in [4.78, 5) is 19.2. The fourth-order valence-electron chi connectivity index (χ4n) is 3.52. The van der Waals surface area contributed by atoms with Crippen LogP contribution >= 0.6 is 11.3 Å². The normalized spacial score (nSPS) is 15.6. The van der Waals surface area contributed by atoms with Crippen LogP contribution in [0.1, 0.15) is 28.8 Å².